The minimum Gasteiger partial charge on any atom is -0.390 e. The van der Waals surface area contributed by atoms with E-state index in [0.29, 0.717) is 0 Å². The van der Waals surface area contributed by atoms with Crippen LogP contribution in [0.5, 0.6) is 0 Å². The topological polar surface area (TPSA) is 33.1 Å². The van der Waals surface area contributed by atoms with Gasteiger partial charge in [-0.2, -0.15) is 0 Å². The maximum absolute atomic E-state index is 8.88. The lowest BCUT2D eigenvalue weighted by Crippen LogP contribution is -1.84. The second-order valence-corrected chi connectivity index (χ2v) is 6.08. The van der Waals surface area contributed by atoms with Gasteiger partial charge in [-0.25, -0.2) is 4.98 Å². The lowest BCUT2D eigenvalue weighted by molar-refractivity contribution is 0.277. The van der Waals surface area contributed by atoms with Crippen molar-refractivity contribution in [2.24, 2.45) is 0 Å². The third-order valence-electron chi connectivity index (χ3n) is 2.42. The number of thiazole rings is 1. The molecule has 4 heteroatoms. The molecule has 1 aromatic heterocycles. The smallest absolute Gasteiger partial charge is 0.150 e. The van der Waals surface area contributed by atoms with E-state index in [2.05, 4.69) is 11.9 Å². The van der Waals surface area contributed by atoms with E-state index < -0.39 is 0 Å². The molecule has 92 valence electrons. The molecule has 0 saturated heterocycles. The van der Waals surface area contributed by atoms with Gasteiger partial charge >= 0.3 is 0 Å². The van der Waals surface area contributed by atoms with Crippen molar-refractivity contribution < 1.29 is 5.11 Å². The van der Waals surface area contributed by atoms with E-state index in [0.717, 1.165) is 15.8 Å². The van der Waals surface area contributed by atoms with Crippen LogP contribution in [0.25, 0.3) is 0 Å². The molecule has 1 aromatic rings. The maximum Gasteiger partial charge on any atom is 0.150 e. The average molecular weight is 259 g/mol. The zero-order valence-electron chi connectivity index (χ0n) is 9.95. The van der Waals surface area contributed by atoms with Gasteiger partial charge in [0.05, 0.1) is 12.3 Å². The predicted molar refractivity (Wildman–Crippen MR) is 72.1 cm³/mol. The average Bonchev–Trinajstić information content (AvgIpc) is 2.76. The highest BCUT2D eigenvalue weighted by molar-refractivity contribution is 8.00. The van der Waals surface area contributed by atoms with Gasteiger partial charge < -0.3 is 5.11 Å². The van der Waals surface area contributed by atoms with Crippen LogP contribution in [-0.4, -0.2) is 15.8 Å². The van der Waals surface area contributed by atoms with Gasteiger partial charge in [0, 0.05) is 11.1 Å². The summed E-state index contributed by atoms with van der Waals surface area (Å²) in [4.78, 5) is 4.31. The minimum absolute atomic E-state index is 0.0636. The van der Waals surface area contributed by atoms with Crippen molar-refractivity contribution >= 4 is 23.1 Å². The van der Waals surface area contributed by atoms with E-state index in [-0.39, 0.29) is 6.61 Å². The highest BCUT2D eigenvalue weighted by atomic mass is 32.2. The molecule has 0 atom stereocenters. The molecule has 0 aromatic carbocycles. The van der Waals surface area contributed by atoms with Crippen molar-refractivity contribution in [2.75, 3.05) is 5.75 Å². The van der Waals surface area contributed by atoms with Gasteiger partial charge in [0.1, 0.15) is 4.34 Å². The van der Waals surface area contributed by atoms with E-state index in [9.17, 15) is 0 Å². The molecule has 0 amide bonds. The SMILES string of the molecule is CCCCCCCCSc1nc(CO)cs1. The molecule has 1 N–H and O–H groups in total. The van der Waals surface area contributed by atoms with E-state index >= 15 is 0 Å². The molecule has 0 bridgehead atoms. The summed E-state index contributed by atoms with van der Waals surface area (Å²) in [5, 5.41) is 10.8. The first-order valence-electron chi connectivity index (χ1n) is 6.05. The number of hydrogen-bond donors (Lipinski definition) is 1. The third-order valence-corrected chi connectivity index (χ3v) is 4.57. The second-order valence-electron chi connectivity index (χ2n) is 3.88. The van der Waals surface area contributed by atoms with Crippen molar-refractivity contribution in [3.8, 4) is 0 Å². The van der Waals surface area contributed by atoms with Crippen LogP contribution >= 0.6 is 23.1 Å². The van der Waals surface area contributed by atoms with Crippen molar-refractivity contribution in [1.29, 1.82) is 0 Å². The van der Waals surface area contributed by atoms with Gasteiger partial charge in [-0.3, -0.25) is 0 Å². The molecule has 1 heterocycles. The van der Waals surface area contributed by atoms with Crippen molar-refractivity contribution in [2.45, 2.75) is 56.4 Å². The van der Waals surface area contributed by atoms with Crippen molar-refractivity contribution in [3.63, 3.8) is 0 Å². The number of aromatic nitrogens is 1. The van der Waals surface area contributed by atoms with Crippen LogP contribution in [0.3, 0.4) is 0 Å². The molecule has 0 spiro atoms. The second kappa shape index (κ2) is 9.02. The molecule has 0 aliphatic rings. The molecule has 0 aliphatic heterocycles. The fourth-order valence-electron chi connectivity index (χ4n) is 1.47. The Morgan fingerprint density at radius 2 is 2.00 bits per heavy atom. The largest absolute Gasteiger partial charge is 0.390 e. The Kier molecular flexibility index (Phi) is 7.89. The van der Waals surface area contributed by atoms with E-state index in [1.54, 1.807) is 11.3 Å². The van der Waals surface area contributed by atoms with Crippen molar-refractivity contribution in [1.82, 2.24) is 4.98 Å². The van der Waals surface area contributed by atoms with Gasteiger partial charge in [-0.15, -0.1) is 11.3 Å². The summed E-state index contributed by atoms with van der Waals surface area (Å²) in [6, 6.07) is 0. The van der Waals surface area contributed by atoms with E-state index in [4.69, 9.17) is 5.11 Å². The molecule has 0 aliphatic carbocycles. The highest BCUT2D eigenvalue weighted by Gasteiger charge is 2.01. The number of hydrogen-bond acceptors (Lipinski definition) is 4. The fraction of sp³-hybridized carbons (Fsp3) is 0.750. The van der Waals surface area contributed by atoms with Crippen LogP contribution in [-0.2, 0) is 6.61 Å². The lowest BCUT2D eigenvalue weighted by atomic mass is 10.1. The molecule has 0 fully saturated rings. The Bertz CT molecular complexity index is 276. The summed E-state index contributed by atoms with van der Waals surface area (Å²) >= 11 is 3.45. The van der Waals surface area contributed by atoms with Gasteiger partial charge in [-0.1, -0.05) is 50.8 Å². The number of unbranched alkanes of at least 4 members (excludes halogenated alkanes) is 5. The van der Waals surface area contributed by atoms with Crippen LogP contribution in [0.2, 0.25) is 0 Å². The van der Waals surface area contributed by atoms with Gasteiger partial charge in [0.2, 0.25) is 0 Å². The molecule has 0 radical (unpaired) electrons. The number of aliphatic hydroxyl groups excluding tert-OH is 1. The van der Waals surface area contributed by atoms with E-state index in [1.165, 1.54) is 38.5 Å². The number of nitrogens with zero attached hydrogens (tertiary/aromatic N) is 1. The quantitative estimate of drug-likeness (QED) is 0.535. The lowest BCUT2D eigenvalue weighted by Gasteiger charge is -1.99. The predicted octanol–water partition coefficient (Wildman–Crippen LogP) is 4.09. The van der Waals surface area contributed by atoms with Crippen LogP contribution in [0.1, 0.15) is 51.1 Å². The highest BCUT2D eigenvalue weighted by Crippen LogP contribution is 2.24. The zero-order valence-corrected chi connectivity index (χ0v) is 11.6. The molecular formula is C12H21NOS2. The summed E-state index contributed by atoms with van der Waals surface area (Å²) < 4.78 is 1.10. The van der Waals surface area contributed by atoms with Crippen LogP contribution in [0.4, 0.5) is 0 Å². The van der Waals surface area contributed by atoms with Crippen LogP contribution in [0, 0.1) is 0 Å². The summed E-state index contributed by atoms with van der Waals surface area (Å²) in [5.41, 5.74) is 0.801. The summed E-state index contributed by atoms with van der Waals surface area (Å²) in [5.74, 6) is 1.16. The molecule has 2 nitrogen and oxygen atoms in total. The third kappa shape index (κ3) is 5.87. The maximum atomic E-state index is 8.88. The minimum atomic E-state index is 0.0636. The molecule has 0 unspecified atom stereocenters. The van der Waals surface area contributed by atoms with Crippen LogP contribution < -0.4 is 0 Å². The van der Waals surface area contributed by atoms with Gasteiger partial charge in [-0.05, 0) is 6.42 Å². The Morgan fingerprint density at radius 3 is 2.69 bits per heavy atom. The molecular weight excluding hydrogens is 238 g/mol. The summed E-state index contributed by atoms with van der Waals surface area (Å²) in [6.07, 6.45) is 8.06. The van der Waals surface area contributed by atoms with E-state index in [1.807, 2.05) is 17.1 Å². The van der Waals surface area contributed by atoms with Gasteiger partial charge in [0.15, 0.2) is 0 Å². The fourth-order valence-corrected chi connectivity index (χ4v) is 3.37. The molecule has 0 saturated carbocycles. The zero-order chi connectivity index (χ0) is 11.6. The molecule has 1 rings (SSSR count). The Hall–Kier alpha value is -0.0600. The first-order chi connectivity index (χ1) is 7.86. The normalized spacial score (nSPS) is 10.9. The standard InChI is InChI=1S/C12H21NOS2/c1-2-3-4-5-6-7-8-15-12-13-11(9-14)10-16-12/h10,14H,2-9H2,1H3. The number of thioether (sulfide) groups is 1. The Morgan fingerprint density at radius 1 is 1.25 bits per heavy atom. The number of rotatable bonds is 9. The van der Waals surface area contributed by atoms with Crippen LogP contribution in [0.15, 0.2) is 9.72 Å². The first-order valence-corrected chi connectivity index (χ1v) is 7.91. The number of aliphatic hydroxyl groups is 1. The Labute approximate surface area is 106 Å². The monoisotopic (exact) mass is 259 g/mol. The first kappa shape index (κ1) is 14.0. The Balaban J connectivity index is 1.98. The molecule has 16 heavy (non-hydrogen) atoms. The van der Waals surface area contributed by atoms with Gasteiger partial charge in [0.25, 0.3) is 0 Å². The van der Waals surface area contributed by atoms with Crippen molar-refractivity contribution in [3.05, 3.63) is 11.1 Å². The summed E-state index contributed by atoms with van der Waals surface area (Å²) in [7, 11) is 0. The summed E-state index contributed by atoms with van der Waals surface area (Å²) in [6.45, 7) is 2.31.